The van der Waals surface area contributed by atoms with Crippen LogP contribution in [0.4, 0.5) is 0 Å². The van der Waals surface area contributed by atoms with Gasteiger partial charge >= 0.3 is 0 Å². The van der Waals surface area contributed by atoms with Crippen molar-refractivity contribution in [1.29, 1.82) is 0 Å². The Hall–Kier alpha value is -1.06. The topological polar surface area (TPSA) is 55.1 Å². The van der Waals surface area contributed by atoms with Crippen molar-refractivity contribution in [2.45, 2.75) is 63.8 Å². The van der Waals surface area contributed by atoms with Gasteiger partial charge < -0.3 is 11.1 Å². The van der Waals surface area contributed by atoms with Crippen molar-refractivity contribution in [3.05, 3.63) is 35.9 Å². The third-order valence-electron chi connectivity index (χ3n) is 5.39. The molecule has 23 heavy (non-hydrogen) atoms. The average molecular weight is 339 g/mol. The van der Waals surface area contributed by atoms with E-state index in [1.54, 1.807) is 0 Å². The second-order valence-corrected chi connectivity index (χ2v) is 6.75. The van der Waals surface area contributed by atoms with Crippen LogP contribution in [0.1, 0.15) is 63.9 Å². The molecular formula is C19H31ClN2O. The highest BCUT2D eigenvalue weighted by atomic mass is 35.5. The lowest BCUT2D eigenvalue weighted by Gasteiger charge is -2.31. The number of amides is 1. The van der Waals surface area contributed by atoms with Crippen LogP contribution >= 0.6 is 12.4 Å². The molecule has 0 unspecified atom stereocenters. The standard InChI is InChI=1S/C19H30N2O.ClH/c1-3-19(20,4-2)14-21-18(22)17-12-10-16(11-13-17)15-8-6-5-7-9-15;/h5-9,16-17H,3-4,10-14,20H2,1-2H3,(H,21,22);1H. The molecule has 3 N–H and O–H groups in total. The first-order valence-corrected chi connectivity index (χ1v) is 8.69. The zero-order valence-corrected chi connectivity index (χ0v) is 15.2. The highest BCUT2D eigenvalue weighted by Crippen LogP contribution is 2.35. The SMILES string of the molecule is CCC(N)(CC)CNC(=O)C1CCC(c2ccccc2)CC1.Cl. The monoisotopic (exact) mass is 338 g/mol. The predicted octanol–water partition coefficient (Wildman–Crippen LogP) is 4.02. The van der Waals surface area contributed by atoms with Gasteiger partial charge in [0, 0.05) is 18.0 Å². The molecule has 1 fully saturated rings. The second-order valence-electron chi connectivity index (χ2n) is 6.75. The molecule has 0 spiro atoms. The van der Waals surface area contributed by atoms with Crippen LogP contribution in [0.25, 0.3) is 0 Å². The molecule has 1 saturated carbocycles. The molecular weight excluding hydrogens is 308 g/mol. The second kappa shape index (κ2) is 9.29. The van der Waals surface area contributed by atoms with Crippen LogP contribution in [-0.4, -0.2) is 18.0 Å². The summed E-state index contributed by atoms with van der Waals surface area (Å²) in [7, 11) is 0. The van der Waals surface area contributed by atoms with E-state index in [0.29, 0.717) is 12.5 Å². The summed E-state index contributed by atoms with van der Waals surface area (Å²) < 4.78 is 0. The maximum Gasteiger partial charge on any atom is 0.223 e. The highest BCUT2D eigenvalue weighted by Gasteiger charge is 2.28. The lowest BCUT2D eigenvalue weighted by molar-refractivity contribution is -0.126. The van der Waals surface area contributed by atoms with E-state index in [1.165, 1.54) is 5.56 Å². The number of carbonyl (C=O) groups excluding carboxylic acids is 1. The van der Waals surface area contributed by atoms with Crippen LogP contribution in [0.2, 0.25) is 0 Å². The number of hydrogen-bond donors (Lipinski definition) is 2. The van der Waals surface area contributed by atoms with E-state index in [1.807, 2.05) is 0 Å². The lowest BCUT2D eigenvalue weighted by atomic mass is 9.78. The molecule has 1 aromatic carbocycles. The minimum atomic E-state index is -0.253. The van der Waals surface area contributed by atoms with Crippen molar-refractivity contribution in [1.82, 2.24) is 5.32 Å². The van der Waals surface area contributed by atoms with E-state index in [2.05, 4.69) is 49.5 Å². The van der Waals surface area contributed by atoms with Gasteiger partial charge in [-0.15, -0.1) is 12.4 Å². The Morgan fingerprint density at radius 3 is 2.22 bits per heavy atom. The van der Waals surface area contributed by atoms with E-state index in [4.69, 9.17) is 5.73 Å². The highest BCUT2D eigenvalue weighted by molar-refractivity contribution is 5.85. The van der Waals surface area contributed by atoms with Crippen LogP contribution in [0.15, 0.2) is 30.3 Å². The fraction of sp³-hybridized carbons (Fsp3) is 0.632. The Kier molecular flexibility index (Phi) is 8.07. The van der Waals surface area contributed by atoms with Gasteiger partial charge in [0.2, 0.25) is 5.91 Å². The van der Waals surface area contributed by atoms with Crippen LogP contribution < -0.4 is 11.1 Å². The van der Waals surface area contributed by atoms with Crippen LogP contribution in [-0.2, 0) is 4.79 Å². The quantitative estimate of drug-likeness (QED) is 0.823. The van der Waals surface area contributed by atoms with Crippen LogP contribution in [0.5, 0.6) is 0 Å². The fourth-order valence-corrected chi connectivity index (χ4v) is 3.32. The third-order valence-corrected chi connectivity index (χ3v) is 5.39. The molecule has 4 heteroatoms. The molecule has 0 aliphatic heterocycles. The maximum absolute atomic E-state index is 12.4. The van der Waals surface area contributed by atoms with Crippen LogP contribution in [0.3, 0.4) is 0 Å². The Morgan fingerprint density at radius 1 is 1.13 bits per heavy atom. The number of nitrogens with one attached hydrogen (secondary N) is 1. The zero-order chi connectivity index (χ0) is 16.0. The number of halogens is 1. The smallest absolute Gasteiger partial charge is 0.223 e. The fourth-order valence-electron chi connectivity index (χ4n) is 3.32. The molecule has 1 aliphatic carbocycles. The molecule has 1 amide bonds. The molecule has 2 rings (SSSR count). The summed E-state index contributed by atoms with van der Waals surface area (Å²) in [6.45, 7) is 4.76. The van der Waals surface area contributed by atoms with Gasteiger partial charge in [0.15, 0.2) is 0 Å². The molecule has 0 aromatic heterocycles. The van der Waals surface area contributed by atoms with Gasteiger partial charge in [-0.2, -0.15) is 0 Å². The summed E-state index contributed by atoms with van der Waals surface area (Å²) in [5, 5.41) is 3.09. The molecule has 130 valence electrons. The van der Waals surface area contributed by atoms with Gasteiger partial charge in [0.25, 0.3) is 0 Å². The third kappa shape index (κ3) is 5.50. The van der Waals surface area contributed by atoms with Crippen molar-refractivity contribution >= 4 is 18.3 Å². The molecule has 0 saturated heterocycles. The van der Waals surface area contributed by atoms with Gasteiger partial charge in [-0.25, -0.2) is 0 Å². The van der Waals surface area contributed by atoms with E-state index in [-0.39, 0.29) is 29.8 Å². The lowest BCUT2D eigenvalue weighted by Crippen LogP contribution is -2.50. The molecule has 1 aromatic rings. The largest absolute Gasteiger partial charge is 0.354 e. The van der Waals surface area contributed by atoms with Crippen molar-refractivity contribution in [3.8, 4) is 0 Å². The van der Waals surface area contributed by atoms with Gasteiger partial charge in [-0.1, -0.05) is 44.2 Å². The van der Waals surface area contributed by atoms with E-state index < -0.39 is 0 Å². The Morgan fingerprint density at radius 2 is 1.70 bits per heavy atom. The summed E-state index contributed by atoms with van der Waals surface area (Å²) in [5.74, 6) is 0.978. The van der Waals surface area contributed by atoms with Crippen molar-refractivity contribution < 1.29 is 4.79 Å². The zero-order valence-electron chi connectivity index (χ0n) is 14.4. The molecule has 0 atom stereocenters. The molecule has 0 bridgehead atoms. The number of rotatable bonds is 6. The number of nitrogens with two attached hydrogens (primary N) is 1. The van der Waals surface area contributed by atoms with E-state index >= 15 is 0 Å². The minimum absolute atomic E-state index is 0. The first-order valence-electron chi connectivity index (χ1n) is 8.69. The predicted molar refractivity (Wildman–Crippen MR) is 98.9 cm³/mol. The first-order chi connectivity index (χ1) is 10.6. The summed E-state index contributed by atoms with van der Waals surface area (Å²) in [4.78, 5) is 12.4. The Bertz CT molecular complexity index is 466. The van der Waals surface area contributed by atoms with Crippen molar-refractivity contribution in [3.63, 3.8) is 0 Å². The van der Waals surface area contributed by atoms with Gasteiger partial charge in [-0.05, 0) is 50.0 Å². The van der Waals surface area contributed by atoms with Crippen molar-refractivity contribution in [2.75, 3.05) is 6.54 Å². The minimum Gasteiger partial charge on any atom is -0.354 e. The average Bonchev–Trinajstić information content (AvgIpc) is 2.60. The summed E-state index contributed by atoms with van der Waals surface area (Å²) >= 11 is 0. The van der Waals surface area contributed by atoms with Gasteiger partial charge in [-0.3, -0.25) is 4.79 Å². The van der Waals surface area contributed by atoms with E-state index in [0.717, 1.165) is 38.5 Å². The van der Waals surface area contributed by atoms with Gasteiger partial charge in [0.1, 0.15) is 0 Å². The Labute approximate surface area is 146 Å². The normalized spacial score (nSPS) is 21.3. The summed E-state index contributed by atoms with van der Waals surface area (Å²) in [6.07, 6.45) is 5.98. The molecule has 3 nitrogen and oxygen atoms in total. The molecule has 1 aliphatic rings. The number of benzene rings is 1. The van der Waals surface area contributed by atoms with Crippen molar-refractivity contribution in [2.24, 2.45) is 11.7 Å². The summed E-state index contributed by atoms with van der Waals surface area (Å²) in [5.41, 5.74) is 7.42. The number of hydrogen-bond acceptors (Lipinski definition) is 2. The van der Waals surface area contributed by atoms with Crippen LogP contribution in [0, 0.1) is 5.92 Å². The summed E-state index contributed by atoms with van der Waals surface area (Å²) in [6, 6.07) is 10.7. The molecule has 0 heterocycles. The molecule has 0 radical (unpaired) electrons. The van der Waals surface area contributed by atoms with E-state index in [9.17, 15) is 4.79 Å². The Balaban J connectivity index is 0.00000264. The van der Waals surface area contributed by atoms with Gasteiger partial charge in [0.05, 0.1) is 0 Å². The number of carbonyl (C=O) groups is 1. The maximum atomic E-state index is 12.4. The first kappa shape index (κ1) is 20.0.